The van der Waals surface area contributed by atoms with E-state index in [2.05, 4.69) is 253 Å². The lowest BCUT2D eigenvalue weighted by Gasteiger charge is -2.42. The first-order valence-electron chi connectivity index (χ1n) is 24.1. The number of para-hydroxylation sites is 2. The number of anilines is 3. The fraction of sp³-hybridized carbons (Fsp3) is 0.206. The van der Waals surface area contributed by atoms with Crippen LogP contribution < -0.4 is 15.8 Å². The highest BCUT2D eigenvalue weighted by Gasteiger charge is 2.46. The van der Waals surface area contributed by atoms with Gasteiger partial charge in [-0.15, -0.1) is 0 Å². The van der Waals surface area contributed by atoms with Crippen molar-refractivity contribution >= 4 is 67.5 Å². The second kappa shape index (κ2) is 14.5. The van der Waals surface area contributed by atoms with Crippen LogP contribution in [0.2, 0.25) is 0 Å². The van der Waals surface area contributed by atoms with E-state index < -0.39 is 0 Å². The van der Waals surface area contributed by atoms with Gasteiger partial charge in [-0.3, -0.25) is 0 Å². The molecule has 0 saturated heterocycles. The molecule has 0 N–H and O–H groups in total. The molecule has 0 spiro atoms. The van der Waals surface area contributed by atoms with Crippen LogP contribution in [0, 0.1) is 6.92 Å². The van der Waals surface area contributed by atoms with E-state index in [0.29, 0.717) is 0 Å². The van der Waals surface area contributed by atoms with Crippen molar-refractivity contribution in [1.29, 1.82) is 0 Å². The molecular formula is C63H58BN3. The van der Waals surface area contributed by atoms with Gasteiger partial charge in [-0.25, -0.2) is 0 Å². The van der Waals surface area contributed by atoms with Crippen LogP contribution in [-0.2, 0) is 16.2 Å². The van der Waals surface area contributed by atoms with Gasteiger partial charge in [0.15, 0.2) is 0 Å². The maximum absolute atomic E-state index is 2.80. The molecule has 0 bridgehead atoms. The minimum atomic E-state index is -0.123. The van der Waals surface area contributed by atoms with E-state index in [0.717, 1.165) is 5.69 Å². The second-order valence-corrected chi connectivity index (χ2v) is 22.3. The highest BCUT2D eigenvalue weighted by molar-refractivity contribution is 6.90. The maximum atomic E-state index is 2.80. The Labute approximate surface area is 396 Å². The molecule has 0 fully saturated rings. The molecule has 4 heteroatoms. The molecule has 2 aliphatic heterocycles. The summed E-state index contributed by atoms with van der Waals surface area (Å²) in [4.78, 5) is 2.59. The van der Waals surface area contributed by atoms with Crippen molar-refractivity contribution in [2.75, 3.05) is 4.90 Å². The number of aromatic nitrogens is 2. The lowest BCUT2D eigenvalue weighted by Crippen LogP contribution is -2.57. The Kier molecular flexibility index (Phi) is 8.95. The predicted octanol–water partition coefficient (Wildman–Crippen LogP) is 15.7. The summed E-state index contributed by atoms with van der Waals surface area (Å²) >= 11 is 0. The summed E-state index contributed by atoms with van der Waals surface area (Å²) in [6, 6.07) is 64.8. The Bertz CT molecular complexity index is 3620. The molecule has 3 nitrogen and oxygen atoms in total. The van der Waals surface area contributed by atoms with E-state index in [1.54, 1.807) is 0 Å². The lowest BCUT2D eigenvalue weighted by atomic mass is 9.44. The quantitative estimate of drug-likeness (QED) is 0.161. The van der Waals surface area contributed by atoms with Gasteiger partial charge in [0.2, 0.25) is 0 Å². The zero-order chi connectivity index (χ0) is 46.3. The second-order valence-electron chi connectivity index (χ2n) is 22.3. The van der Waals surface area contributed by atoms with Crippen molar-refractivity contribution in [3.05, 3.63) is 192 Å². The minimum Gasteiger partial charge on any atom is -0.375 e. The van der Waals surface area contributed by atoms with Crippen molar-refractivity contribution in [3.63, 3.8) is 0 Å². The number of hydrogen-bond donors (Lipinski definition) is 0. The molecule has 0 aliphatic carbocycles. The van der Waals surface area contributed by atoms with Crippen molar-refractivity contribution in [2.24, 2.45) is 0 Å². The Morgan fingerprint density at radius 1 is 0.448 bits per heavy atom. The van der Waals surface area contributed by atoms with Gasteiger partial charge in [0.05, 0.1) is 11.0 Å². The first-order valence-corrected chi connectivity index (χ1v) is 24.1. The van der Waals surface area contributed by atoms with E-state index >= 15 is 0 Å². The van der Waals surface area contributed by atoms with Gasteiger partial charge in [0.25, 0.3) is 0 Å². The van der Waals surface area contributed by atoms with Crippen molar-refractivity contribution in [1.82, 2.24) is 9.05 Å². The Morgan fingerprint density at radius 2 is 1.07 bits per heavy atom. The lowest BCUT2D eigenvalue weighted by molar-refractivity contribution is 0.590. The molecular weight excluding hydrogens is 810 g/mol. The summed E-state index contributed by atoms with van der Waals surface area (Å²) in [7, 11) is 0. The van der Waals surface area contributed by atoms with Crippen LogP contribution in [0.1, 0.15) is 84.6 Å². The third-order valence-corrected chi connectivity index (χ3v) is 14.9. The molecule has 10 aromatic rings. The first kappa shape index (κ1) is 41.4. The van der Waals surface area contributed by atoms with E-state index in [9.17, 15) is 0 Å². The molecule has 2 aromatic heterocycles. The van der Waals surface area contributed by atoms with Gasteiger partial charge in [-0.05, 0) is 122 Å². The van der Waals surface area contributed by atoms with Crippen LogP contribution in [0.3, 0.4) is 0 Å². The topological polar surface area (TPSA) is 13.1 Å². The largest absolute Gasteiger partial charge is 0.375 e. The molecule has 0 radical (unpaired) electrons. The zero-order valence-corrected chi connectivity index (χ0v) is 40.6. The Hall–Kier alpha value is -7.04. The smallest absolute Gasteiger partial charge is 0.333 e. The van der Waals surface area contributed by atoms with Gasteiger partial charge in [0, 0.05) is 61.2 Å². The van der Waals surface area contributed by atoms with Gasteiger partial charge in [0.1, 0.15) is 0 Å². The number of nitrogens with zero attached hydrogens (tertiary/aromatic N) is 3. The highest BCUT2D eigenvalue weighted by Crippen LogP contribution is 2.54. The molecule has 8 aromatic carbocycles. The van der Waals surface area contributed by atoms with Crippen molar-refractivity contribution < 1.29 is 0 Å². The fourth-order valence-electron chi connectivity index (χ4n) is 11.4. The van der Waals surface area contributed by atoms with Crippen molar-refractivity contribution in [3.8, 4) is 39.2 Å². The van der Waals surface area contributed by atoms with E-state index in [-0.39, 0.29) is 23.1 Å². The van der Waals surface area contributed by atoms with Gasteiger partial charge in [-0.1, -0.05) is 184 Å². The summed E-state index contributed by atoms with van der Waals surface area (Å²) < 4.78 is 5.31. The van der Waals surface area contributed by atoms with E-state index in [1.807, 2.05) is 0 Å². The SMILES string of the molecule is Cc1ccccc1-c1c(-c2ccccc2)n2c3c(cc4c(c5ccccc5n4-c4ccccc4)c13)-c1cc(C(C)(C)C)cc3c1B2c1cc(C(C)(C)C)ccc1N3c1ccc(C(C)(C)C)cc1. The summed E-state index contributed by atoms with van der Waals surface area (Å²) in [6.07, 6.45) is 0. The van der Waals surface area contributed by atoms with Crippen LogP contribution >= 0.6 is 0 Å². The third-order valence-electron chi connectivity index (χ3n) is 14.9. The van der Waals surface area contributed by atoms with Crippen LogP contribution in [-0.4, -0.2) is 15.9 Å². The fourth-order valence-corrected chi connectivity index (χ4v) is 11.4. The highest BCUT2D eigenvalue weighted by atomic mass is 15.2. The number of rotatable bonds is 4. The maximum Gasteiger partial charge on any atom is 0.333 e. The average Bonchev–Trinajstić information content (AvgIpc) is 3.83. The van der Waals surface area contributed by atoms with Gasteiger partial charge >= 0.3 is 6.85 Å². The zero-order valence-electron chi connectivity index (χ0n) is 40.6. The minimum absolute atomic E-state index is 0.0378. The van der Waals surface area contributed by atoms with Crippen LogP contribution in [0.4, 0.5) is 17.1 Å². The summed E-state index contributed by atoms with van der Waals surface area (Å²) in [6.45, 7) is 23.2. The monoisotopic (exact) mass is 867 g/mol. The summed E-state index contributed by atoms with van der Waals surface area (Å²) in [5.74, 6) is 0. The molecule has 0 amide bonds. The summed E-state index contributed by atoms with van der Waals surface area (Å²) in [5, 5.41) is 3.87. The molecule has 0 atom stereocenters. The summed E-state index contributed by atoms with van der Waals surface area (Å²) in [5.41, 5.74) is 23.9. The number of aryl methyl sites for hydroxylation is 1. The number of hydrogen-bond acceptors (Lipinski definition) is 1. The first-order chi connectivity index (χ1) is 32.1. The molecule has 328 valence electrons. The van der Waals surface area contributed by atoms with Gasteiger partial charge < -0.3 is 13.9 Å². The molecule has 0 unspecified atom stereocenters. The third kappa shape index (κ3) is 6.18. The molecule has 12 rings (SSSR count). The molecule has 4 heterocycles. The van der Waals surface area contributed by atoms with Crippen LogP contribution in [0.25, 0.3) is 71.9 Å². The normalized spacial score (nSPS) is 13.5. The molecule has 0 saturated carbocycles. The molecule has 67 heavy (non-hydrogen) atoms. The Balaban J connectivity index is 1.35. The van der Waals surface area contributed by atoms with E-state index in [4.69, 9.17) is 0 Å². The van der Waals surface area contributed by atoms with E-state index in [1.165, 1.54) is 116 Å². The van der Waals surface area contributed by atoms with Crippen LogP contribution in [0.15, 0.2) is 170 Å². The average molecular weight is 868 g/mol. The molecule has 2 aliphatic rings. The van der Waals surface area contributed by atoms with Gasteiger partial charge in [-0.2, -0.15) is 0 Å². The Morgan fingerprint density at radius 3 is 1.76 bits per heavy atom. The predicted molar refractivity (Wildman–Crippen MR) is 289 cm³/mol. The van der Waals surface area contributed by atoms with Crippen LogP contribution in [0.5, 0.6) is 0 Å². The standard InChI is InChI=1S/C63H58BN3/c1-39-21-17-18-26-46(39)56-57-55-47-27-19-20-28-51(47)65(44-24-15-12-16-25-44)53(55)38-49-48-35-43(63(8,9)10)37-54-58(48)64(67(60(49)57)59(56)40-22-13-11-14-23-40)50-36-42(62(5,6)7)31-34-52(50)66(54)45-32-29-41(30-33-45)61(2,3)4/h11-38H,1-10H3. The number of benzene rings is 8. The van der Waals surface area contributed by atoms with Crippen molar-refractivity contribution in [2.45, 2.75) is 85.5 Å². The number of fused-ring (bicyclic) bond motifs is 8.